The number of aliphatic hydroxyl groups is 1. The highest BCUT2D eigenvalue weighted by molar-refractivity contribution is 5.52. The molecule has 2 atom stereocenters. The zero-order valence-corrected chi connectivity index (χ0v) is 11.0. The van der Waals surface area contributed by atoms with Gasteiger partial charge in [0.05, 0.1) is 12.1 Å². The summed E-state index contributed by atoms with van der Waals surface area (Å²) >= 11 is 0. The highest BCUT2D eigenvalue weighted by Crippen LogP contribution is 2.22. The average Bonchev–Trinajstić information content (AvgIpc) is 2.56. The molecule has 1 aromatic heterocycles. The van der Waals surface area contributed by atoms with Gasteiger partial charge in [0, 0.05) is 24.5 Å². The first-order chi connectivity index (χ1) is 8.79. The van der Waals surface area contributed by atoms with Crippen LogP contribution in [0.5, 0.6) is 0 Å². The van der Waals surface area contributed by atoms with Crippen LogP contribution in [0.1, 0.15) is 39.0 Å². The minimum absolute atomic E-state index is 0.171. The Balaban J connectivity index is 2.00. The molecular formula is C14H23N3O. The largest absolute Gasteiger partial charge is 0.391 e. The monoisotopic (exact) mass is 249 g/mol. The molecule has 1 heterocycles. The van der Waals surface area contributed by atoms with Gasteiger partial charge in [0.15, 0.2) is 0 Å². The van der Waals surface area contributed by atoms with Crippen molar-refractivity contribution >= 4 is 11.5 Å². The molecule has 2 unspecified atom stereocenters. The number of rotatable bonds is 4. The molecule has 4 nitrogen and oxygen atoms in total. The summed E-state index contributed by atoms with van der Waals surface area (Å²) in [5.41, 5.74) is 1.03. The van der Waals surface area contributed by atoms with Gasteiger partial charge in [0.2, 0.25) is 0 Å². The maximum absolute atomic E-state index is 10.1. The van der Waals surface area contributed by atoms with Crippen molar-refractivity contribution in [2.45, 2.75) is 51.2 Å². The molecule has 0 amide bonds. The third-order valence-corrected chi connectivity index (χ3v) is 3.45. The maximum Gasteiger partial charge on any atom is 0.127 e. The van der Waals surface area contributed by atoms with Crippen molar-refractivity contribution in [1.29, 1.82) is 0 Å². The summed E-state index contributed by atoms with van der Waals surface area (Å²) in [6.07, 6.45) is 7.07. The van der Waals surface area contributed by atoms with E-state index in [9.17, 15) is 5.11 Å². The highest BCUT2D eigenvalue weighted by Gasteiger charge is 2.21. The molecular weight excluding hydrogens is 226 g/mol. The van der Waals surface area contributed by atoms with E-state index in [1.807, 2.05) is 12.1 Å². The van der Waals surface area contributed by atoms with Gasteiger partial charge in [-0.1, -0.05) is 19.3 Å². The van der Waals surface area contributed by atoms with Crippen molar-refractivity contribution in [1.82, 2.24) is 4.98 Å². The lowest BCUT2D eigenvalue weighted by molar-refractivity contribution is 0.144. The Morgan fingerprint density at radius 1 is 1.33 bits per heavy atom. The van der Waals surface area contributed by atoms with Gasteiger partial charge in [0.25, 0.3) is 0 Å². The van der Waals surface area contributed by atoms with E-state index in [1.54, 1.807) is 6.20 Å². The number of hydrogen-bond acceptors (Lipinski definition) is 4. The van der Waals surface area contributed by atoms with Crippen molar-refractivity contribution in [3.8, 4) is 0 Å². The Hall–Kier alpha value is -1.29. The van der Waals surface area contributed by atoms with Crippen LogP contribution in [-0.2, 0) is 0 Å². The summed E-state index contributed by atoms with van der Waals surface area (Å²) in [6.45, 7) is 2.92. The van der Waals surface area contributed by atoms with E-state index in [0.717, 1.165) is 37.3 Å². The van der Waals surface area contributed by atoms with Gasteiger partial charge < -0.3 is 15.7 Å². The van der Waals surface area contributed by atoms with Gasteiger partial charge in [-0.05, 0) is 25.8 Å². The smallest absolute Gasteiger partial charge is 0.127 e. The van der Waals surface area contributed by atoms with Crippen LogP contribution in [0.4, 0.5) is 11.5 Å². The van der Waals surface area contributed by atoms with Crippen LogP contribution in [0.3, 0.4) is 0 Å². The van der Waals surface area contributed by atoms with Gasteiger partial charge in [0.1, 0.15) is 5.82 Å². The Kier molecular flexibility index (Phi) is 4.81. The third kappa shape index (κ3) is 3.60. The lowest BCUT2D eigenvalue weighted by Gasteiger charge is -2.23. The van der Waals surface area contributed by atoms with Gasteiger partial charge in [-0.2, -0.15) is 0 Å². The SMILES string of the molecule is CCNc1cc(NC2CCCCCC2O)ccn1. The minimum atomic E-state index is -0.233. The van der Waals surface area contributed by atoms with Gasteiger partial charge in [-0.3, -0.25) is 0 Å². The molecule has 0 radical (unpaired) electrons. The Labute approximate surface area is 109 Å². The van der Waals surface area contributed by atoms with E-state index in [-0.39, 0.29) is 12.1 Å². The second-order valence-corrected chi connectivity index (χ2v) is 4.92. The first kappa shape index (κ1) is 13.1. The lowest BCUT2D eigenvalue weighted by atomic mass is 10.1. The van der Waals surface area contributed by atoms with E-state index in [1.165, 1.54) is 12.8 Å². The van der Waals surface area contributed by atoms with Crippen LogP contribution in [0.15, 0.2) is 18.3 Å². The first-order valence-corrected chi connectivity index (χ1v) is 6.94. The third-order valence-electron chi connectivity index (χ3n) is 3.45. The molecule has 1 aliphatic carbocycles. The summed E-state index contributed by atoms with van der Waals surface area (Å²) in [5.74, 6) is 0.880. The van der Waals surface area contributed by atoms with Crippen molar-refractivity contribution < 1.29 is 5.11 Å². The van der Waals surface area contributed by atoms with Gasteiger partial charge in [-0.15, -0.1) is 0 Å². The van der Waals surface area contributed by atoms with Crippen LogP contribution in [-0.4, -0.2) is 28.8 Å². The summed E-state index contributed by atoms with van der Waals surface area (Å²) in [5, 5.41) is 16.7. The summed E-state index contributed by atoms with van der Waals surface area (Å²) < 4.78 is 0. The van der Waals surface area contributed by atoms with E-state index in [4.69, 9.17) is 0 Å². The van der Waals surface area contributed by atoms with Crippen molar-refractivity contribution in [3.63, 3.8) is 0 Å². The lowest BCUT2D eigenvalue weighted by Crippen LogP contribution is -2.32. The molecule has 1 saturated carbocycles. The van der Waals surface area contributed by atoms with E-state index in [2.05, 4.69) is 22.5 Å². The number of pyridine rings is 1. The van der Waals surface area contributed by atoms with Crippen LogP contribution in [0.25, 0.3) is 0 Å². The number of aliphatic hydroxyl groups excluding tert-OH is 1. The van der Waals surface area contributed by atoms with Crippen molar-refractivity contribution in [3.05, 3.63) is 18.3 Å². The topological polar surface area (TPSA) is 57.2 Å². The molecule has 0 spiro atoms. The van der Waals surface area contributed by atoms with E-state index in [0.29, 0.717) is 0 Å². The van der Waals surface area contributed by atoms with Crippen LogP contribution in [0.2, 0.25) is 0 Å². The Morgan fingerprint density at radius 3 is 3.00 bits per heavy atom. The van der Waals surface area contributed by atoms with E-state index < -0.39 is 0 Å². The molecule has 3 N–H and O–H groups in total. The molecule has 1 aromatic rings. The number of anilines is 2. The molecule has 0 aromatic carbocycles. The average molecular weight is 249 g/mol. The Bertz CT molecular complexity index is 370. The van der Waals surface area contributed by atoms with Crippen LogP contribution < -0.4 is 10.6 Å². The standard InChI is InChI=1S/C14H23N3O/c1-2-15-14-10-11(8-9-16-14)17-12-6-4-3-5-7-13(12)18/h8-10,12-13,18H,2-7H2,1H3,(H2,15,16,17). The van der Waals surface area contributed by atoms with E-state index >= 15 is 0 Å². The fraction of sp³-hybridized carbons (Fsp3) is 0.643. The van der Waals surface area contributed by atoms with Gasteiger partial charge >= 0.3 is 0 Å². The summed E-state index contributed by atoms with van der Waals surface area (Å²) in [7, 11) is 0. The number of aromatic nitrogens is 1. The maximum atomic E-state index is 10.1. The summed E-state index contributed by atoms with van der Waals surface area (Å²) in [4.78, 5) is 4.25. The van der Waals surface area contributed by atoms with Crippen LogP contribution in [0, 0.1) is 0 Å². The Morgan fingerprint density at radius 2 is 2.17 bits per heavy atom. The van der Waals surface area contributed by atoms with Crippen molar-refractivity contribution in [2.24, 2.45) is 0 Å². The zero-order valence-electron chi connectivity index (χ0n) is 11.0. The molecule has 1 fully saturated rings. The van der Waals surface area contributed by atoms with Crippen molar-refractivity contribution in [2.75, 3.05) is 17.2 Å². The molecule has 4 heteroatoms. The molecule has 100 valence electrons. The first-order valence-electron chi connectivity index (χ1n) is 6.94. The molecule has 1 aliphatic rings. The number of nitrogens with zero attached hydrogens (tertiary/aromatic N) is 1. The molecule has 0 bridgehead atoms. The van der Waals surface area contributed by atoms with Gasteiger partial charge in [-0.25, -0.2) is 4.98 Å². The summed E-state index contributed by atoms with van der Waals surface area (Å²) in [6, 6.07) is 4.13. The predicted molar refractivity (Wildman–Crippen MR) is 74.9 cm³/mol. The van der Waals surface area contributed by atoms with Crippen LogP contribution >= 0.6 is 0 Å². The second kappa shape index (κ2) is 6.59. The molecule has 18 heavy (non-hydrogen) atoms. The second-order valence-electron chi connectivity index (χ2n) is 4.92. The molecule has 0 aliphatic heterocycles. The fourth-order valence-corrected chi connectivity index (χ4v) is 2.47. The fourth-order valence-electron chi connectivity index (χ4n) is 2.47. The highest BCUT2D eigenvalue weighted by atomic mass is 16.3. The minimum Gasteiger partial charge on any atom is -0.391 e. The normalized spacial score (nSPS) is 24.3. The zero-order chi connectivity index (χ0) is 12.8. The molecule has 0 saturated heterocycles. The number of nitrogens with one attached hydrogen (secondary N) is 2. The number of hydrogen-bond donors (Lipinski definition) is 3. The molecule has 2 rings (SSSR count). The quantitative estimate of drug-likeness (QED) is 0.718. The predicted octanol–water partition coefficient (Wildman–Crippen LogP) is 2.62.